The van der Waals surface area contributed by atoms with E-state index in [9.17, 15) is 9.59 Å². The normalized spacial score (nSPS) is 12.1. The lowest BCUT2D eigenvalue weighted by Crippen LogP contribution is -2.30. The lowest BCUT2D eigenvalue weighted by molar-refractivity contribution is -0.157. The molecule has 0 amide bonds. The van der Waals surface area contributed by atoms with E-state index in [0.717, 1.165) is 12.8 Å². The minimum Gasteiger partial charge on any atom is -0.463 e. The van der Waals surface area contributed by atoms with Crippen molar-refractivity contribution in [2.24, 2.45) is 10.8 Å². The van der Waals surface area contributed by atoms with Crippen LogP contribution in [0.3, 0.4) is 0 Å². The smallest absolute Gasteiger partial charge is 0.344 e. The average molecular weight is 258 g/mol. The third-order valence-electron chi connectivity index (χ3n) is 3.63. The fourth-order valence-corrected chi connectivity index (χ4v) is 1.28. The fraction of sp³-hybridized carbons (Fsp3) is 0.857. The van der Waals surface area contributed by atoms with E-state index in [-0.39, 0.29) is 17.4 Å². The number of carbonyl (C=O) groups is 2. The predicted molar refractivity (Wildman–Crippen MR) is 70.1 cm³/mol. The zero-order chi connectivity index (χ0) is 14.4. The van der Waals surface area contributed by atoms with E-state index in [1.54, 1.807) is 0 Å². The van der Waals surface area contributed by atoms with Gasteiger partial charge in [0, 0.05) is 6.92 Å². The van der Waals surface area contributed by atoms with E-state index in [1.165, 1.54) is 6.92 Å². The van der Waals surface area contributed by atoms with Gasteiger partial charge in [-0.3, -0.25) is 4.79 Å². The molecule has 0 rings (SSSR count). The molecule has 106 valence electrons. The Kier molecular flexibility index (Phi) is 6.36. The van der Waals surface area contributed by atoms with Gasteiger partial charge in [-0.25, -0.2) is 4.79 Å². The van der Waals surface area contributed by atoms with Crippen molar-refractivity contribution >= 4 is 11.9 Å². The summed E-state index contributed by atoms with van der Waals surface area (Å²) < 4.78 is 9.53. The zero-order valence-electron chi connectivity index (χ0n) is 12.5. The number of esters is 2. The van der Waals surface area contributed by atoms with Gasteiger partial charge >= 0.3 is 11.9 Å². The van der Waals surface area contributed by atoms with Crippen LogP contribution in [0.5, 0.6) is 0 Å². The molecule has 0 saturated heterocycles. The van der Waals surface area contributed by atoms with Crippen molar-refractivity contribution in [1.82, 2.24) is 0 Å². The second-order valence-corrected chi connectivity index (χ2v) is 6.24. The highest BCUT2D eigenvalue weighted by Gasteiger charge is 2.31. The molecule has 18 heavy (non-hydrogen) atoms. The Labute approximate surface area is 110 Å². The molecule has 0 radical (unpaired) electrons. The largest absolute Gasteiger partial charge is 0.463 e. The molecule has 0 heterocycles. The summed E-state index contributed by atoms with van der Waals surface area (Å²) in [7, 11) is 0. The van der Waals surface area contributed by atoms with Crippen molar-refractivity contribution < 1.29 is 19.1 Å². The first-order valence-electron chi connectivity index (χ1n) is 6.35. The molecule has 0 atom stereocenters. The van der Waals surface area contributed by atoms with E-state index in [2.05, 4.69) is 39.4 Å². The highest BCUT2D eigenvalue weighted by Crippen LogP contribution is 2.41. The van der Waals surface area contributed by atoms with E-state index >= 15 is 0 Å². The first-order chi connectivity index (χ1) is 8.06. The highest BCUT2D eigenvalue weighted by atomic mass is 16.6. The minimum absolute atomic E-state index is 0.190. The quantitative estimate of drug-likeness (QED) is 0.543. The summed E-state index contributed by atoms with van der Waals surface area (Å²) in [6.07, 6.45) is 1.80. The molecule has 0 aromatic carbocycles. The summed E-state index contributed by atoms with van der Waals surface area (Å²) >= 11 is 0. The van der Waals surface area contributed by atoms with Gasteiger partial charge < -0.3 is 9.47 Å². The molecule has 4 heteroatoms. The number of rotatable bonds is 6. The van der Waals surface area contributed by atoms with Crippen LogP contribution in [0.25, 0.3) is 0 Å². The molecule has 0 fully saturated rings. The summed E-state index contributed by atoms with van der Waals surface area (Å²) in [5, 5.41) is 0. The van der Waals surface area contributed by atoms with Gasteiger partial charge in [-0.05, 0) is 23.7 Å². The maximum Gasteiger partial charge on any atom is 0.344 e. The van der Waals surface area contributed by atoms with Crippen molar-refractivity contribution in [2.75, 3.05) is 13.2 Å². The molecule has 0 aliphatic rings. The number of hydrogen-bond donors (Lipinski definition) is 0. The van der Waals surface area contributed by atoms with Crippen LogP contribution >= 0.6 is 0 Å². The number of carbonyl (C=O) groups excluding carboxylic acids is 2. The molecule has 0 unspecified atom stereocenters. The Hall–Kier alpha value is -1.06. The van der Waals surface area contributed by atoms with Gasteiger partial charge in [0.25, 0.3) is 0 Å². The van der Waals surface area contributed by atoms with Gasteiger partial charge in [0.2, 0.25) is 0 Å². The van der Waals surface area contributed by atoms with Crippen LogP contribution < -0.4 is 0 Å². The van der Waals surface area contributed by atoms with Crippen LogP contribution in [0.4, 0.5) is 0 Å². The zero-order valence-corrected chi connectivity index (χ0v) is 12.5. The Bertz CT molecular complexity index is 287. The Balaban J connectivity index is 3.80. The van der Waals surface area contributed by atoms with Crippen LogP contribution in [0, 0.1) is 10.8 Å². The van der Waals surface area contributed by atoms with Crippen LogP contribution in [0.1, 0.15) is 54.4 Å². The maximum absolute atomic E-state index is 11.2. The lowest BCUT2D eigenvalue weighted by atomic mass is 9.67. The van der Waals surface area contributed by atoms with Crippen molar-refractivity contribution in [3.8, 4) is 0 Å². The summed E-state index contributed by atoms with van der Waals surface area (Å²) in [6, 6.07) is 0. The summed E-state index contributed by atoms with van der Waals surface area (Å²) in [4.78, 5) is 21.7. The van der Waals surface area contributed by atoms with Crippen molar-refractivity contribution in [3.63, 3.8) is 0 Å². The van der Waals surface area contributed by atoms with Crippen LogP contribution in [-0.2, 0) is 19.1 Å². The van der Waals surface area contributed by atoms with Gasteiger partial charge in [-0.1, -0.05) is 34.6 Å². The first kappa shape index (κ1) is 16.9. The van der Waals surface area contributed by atoms with Gasteiger partial charge in [0.1, 0.15) is 0 Å². The number of hydrogen-bond acceptors (Lipinski definition) is 4. The lowest BCUT2D eigenvalue weighted by Gasteiger charge is -2.39. The van der Waals surface area contributed by atoms with Crippen molar-refractivity contribution in [3.05, 3.63) is 0 Å². The second-order valence-electron chi connectivity index (χ2n) is 6.24. The van der Waals surface area contributed by atoms with Crippen LogP contribution in [-0.4, -0.2) is 25.2 Å². The standard InChI is InChI=1S/C14H26O4/c1-11(15)18-10-12(16)17-9-7-8-14(5,6)13(2,3)4/h7-10H2,1-6H3. The van der Waals surface area contributed by atoms with E-state index in [4.69, 9.17) is 4.74 Å². The third-order valence-corrected chi connectivity index (χ3v) is 3.63. The first-order valence-corrected chi connectivity index (χ1v) is 6.35. The Morgan fingerprint density at radius 2 is 1.56 bits per heavy atom. The molecular weight excluding hydrogens is 232 g/mol. The highest BCUT2D eigenvalue weighted by molar-refractivity contribution is 5.75. The minimum atomic E-state index is -0.487. The Morgan fingerprint density at radius 1 is 1.00 bits per heavy atom. The molecule has 0 aliphatic heterocycles. The predicted octanol–water partition coefficient (Wildman–Crippen LogP) is 2.95. The summed E-state index contributed by atoms with van der Waals surface area (Å²) in [5.74, 6) is -0.959. The fourth-order valence-electron chi connectivity index (χ4n) is 1.28. The topological polar surface area (TPSA) is 52.6 Å². The molecule has 0 aliphatic carbocycles. The van der Waals surface area contributed by atoms with E-state index in [0.29, 0.717) is 6.61 Å². The van der Waals surface area contributed by atoms with Crippen LogP contribution in [0.15, 0.2) is 0 Å². The Morgan fingerprint density at radius 3 is 2.00 bits per heavy atom. The molecular formula is C14H26O4. The molecule has 0 saturated carbocycles. The molecule has 0 aromatic heterocycles. The molecule has 0 N–H and O–H groups in total. The van der Waals surface area contributed by atoms with Gasteiger partial charge in [-0.15, -0.1) is 0 Å². The van der Waals surface area contributed by atoms with E-state index < -0.39 is 11.9 Å². The van der Waals surface area contributed by atoms with E-state index in [1.807, 2.05) is 0 Å². The van der Waals surface area contributed by atoms with Crippen molar-refractivity contribution in [1.29, 1.82) is 0 Å². The number of ether oxygens (including phenoxy) is 2. The third kappa shape index (κ3) is 6.62. The molecule has 0 bridgehead atoms. The summed E-state index contributed by atoms with van der Waals surface area (Å²) in [5.41, 5.74) is 0.407. The molecule has 0 aromatic rings. The van der Waals surface area contributed by atoms with Crippen LogP contribution in [0.2, 0.25) is 0 Å². The monoisotopic (exact) mass is 258 g/mol. The average Bonchev–Trinajstić information content (AvgIpc) is 2.19. The molecule has 0 spiro atoms. The van der Waals surface area contributed by atoms with Gasteiger partial charge in [-0.2, -0.15) is 0 Å². The SMILES string of the molecule is CC(=O)OCC(=O)OCCCC(C)(C)C(C)(C)C. The molecule has 4 nitrogen and oxygen atoms in total. The van der Waals surface area contributed by atoms with Gasteiger partial charge in [0.15, 0.2) is 6.61 Å². The van der Waals surface area contributed by atoms with Crippen molar-refractivity contribution in [2.45, 2.75) is 54.4 Å². The second kappa shape index (κ2) is 6.76. The van der Waals surface area contributed by atoms with Gasteiger partial charge in [0.05, 0.1) is 6.61 Å². The summed E-state index contributed by atoms with van der Waals surface area (Å²) in [6.45, 7) is 12.4. The maximum atomic E-state index is 11.2.